The summed E-state index contributed by atoms with van der Waals surface area (Å²) in [5.74, 6) is 0.716. The lowest BCUT2D eigenvalue weighted by Crippen LogP contribution is -1.99. The molecule has 1 heteroatoms. The van der Waals surface area contributed by atoms with Crippen LogP contribution in [0.5, 0.6) is 0 Å². The van der Waals surface area contributed by atoms with Crippen molar-refractivity contribution in [2.45, 2.75) is 26.9 Å². The summed E-state index contributed by atoms with van der Waals surface area (Å²) in [5, 5.41) is 0. The SMILES string of the molecule is C=Cc1ccc(COCCC(C)C)cc1. The van der Waals surface area contributed by atoms with Crippen molar-refractivity contribution >= 4 is 6.08 Å². The Hall–Kier alpha value is -1.08. The first-order valence-electron chi connectivity index (χ1n) is 5.51. The zero-order chi connectivity index (χ0) is 11.1. The van der Waals surface area contributed by atoms with Crippen molar-refractivity contribution < 1.29 is 4.74 Å². The zero-order valence-corrected chi connectivity index (χ0v) is 9.70. The molecule has 1 aromatic carbocycles. The van der Waals surface area contributed by atoms with Crippen LogP contribution < -0.4 is 0 Å². The number of hydrogen-bond acceptors (Lipinski definition) is 1. The van der Waals surface area contributed by atoms with E-state index < -0.39 is 0 Å². The second-order valence-electron chi connectivity index (χ2n) is 4.18. The minimum Gasteiger partial charge on any atom is -0.377 e. The highest BCUT2D eigenvalue weighted by Gasteiger charge is 1.95. The van der Waals surface area contributed by atoms with Crippen LogP contribution in [0.1, 0.15) is 31.4 Å². The van der Waals surface area contributed by atoms with Crippen LogP contribution in [0.2, 0.25) is 0 Å². The van der Waals surface area contributed by atoms with E-state index in [1.54, 1.807) is 0 Å². The summed E-state index contributed by atoms with van der Waals surface area (Å²) in [4.78, 5) is 0. The van der Waals surface area contributed by atoms with Crippen LogP contribution in [-0.2, 0) is 11.3 Å². The van der Waals surface area contributed by atoms with Gasteiger partial charge < -0.3 is 4.74 Å². The quantitative estimate of drug-likeness (QED) is 0.639. The molecule has 0 aliphatic heterocycles. The van der Waals surface area contributed by atoms with Crippen molar-refractivity contribution in [3.63, 3.8) is 0 Å². The molecule has 0 aromatic heterocycles. The molecule has 0 N–H and O–H groups in total. The second kappa shape index (κ2) is 6.41. The van der Waals surface area contributed by atoms with Gasteiger partial charge in [0.05, 0.1) is 6.61 Å². The van der Waals surface area contributed by atoms with Crippen LogP contribution >= 0.6 is 0 Å². The van der Waals surface area contributed by atoms with Crippen molar-refractivity contribution in [1.82, 2.24) is 0 Å². The molecule has 0 unspecified atom stereocenters. The Bertz CT molecular complexity index is 285. The van der Waals surface area contributed by atoms with Crippen molar-refractivity contribution in [2.24, 2.45) is 5.92 Å². The second-order valence-corrected chi connectivity index (χ2v) is 4.18. The third-order valence-electron chi connectivity index (χ3n) is 2.32. The van der Waals surface area contributed by atoms with E-state index in [1.807, 2.05) is 6.08 Å². The summed E-state index contributed by atoms with van der Waals surface area (Å²) in [6.45, 7) is 9.71. The fourth-order valence-electron chi connectivity index (χ4n) is 1.26. The highest BCUT2D eigenvalue weighted by molar-refractivity contribution is 5.47. The Morgan fingerprint density at radius 3 is 2.47 bits per heavy atom. The lowest BCUT2D eigenvalue weighted by atomic mass is 10.1. The van der Waals surface area contributed by atoms with E-state index in [2.05, 4.69) is 44.7 Å². The van der Waals surface area contributed by atoms with Gasteiger partial charge in [-0.05, 0) is 23.5 Å². The fraction of sp³-hybridized carbons (Fsp3) is 0.429. The lowest BCUT2D eigenvalue weighted by Gasteiger charge is -2.06. The number of benzene rings is 1. The predicted molar refractivity (Wildman–Crippen MR) is 65.6 cm³/mol. The minimum absolute atomic E-state index is 0.712. The molecule has 0 aliphatic carbocycles. The topological polar surface area (TPSA) is 9.23 Å². The van der Waals surface area contributed by atoms with Crippen LogP contribution in [0.15, 0.2) is 30.8 Å². The first-order chi connectivity index (χ1) is 7.22. The highest BCUT2D eigenvalue weighted by atomic mass is 16.5. The average Bonchev–Trinajstić information content (AvgIpc) is 2.25. The third kappa shape index (κ3) is 4.80. The van der Waals surface area contributed by atoms with Crippen LogP contribution in [0, 0.1) is 5.92 Å². The normalized spacial score (nSPS) is 10.6. The maximum atomic E-state index is 5.58. The molecule has 0 bridgehead atoms. The van der Waals surface area contributed by atoms with Gasteiger partial charge in [-0.15, -0.1) is 0 Å². The van der Waals surface area contributed by atoms with E-state index in [0.717, 1.165) is 18.6 Å². The molecule has 0 fully saturated rings. The molecule has 0 atom stereocenters. The smallest absolute Gasteiger partial charge is 0.0716 e. The van der Waals surface area contributed by atoms with Crippen molar-refractivity contribution in [3.8, 4) is 0 Å². The van der Waals surface area contributed by atoms with Crippen LogP contribution in [0.4, 0.5) is 0 Å². The Labute approximate surface area is 92.8 Å². The molecular formula is C14H20O. The molecule has 0 saturated heterocycles. The third-order valence-corrected chi connectivity index (χ3v) is 2.32. The molecule has 0 heterocycles. The van der Waals surface area contributed by atoms with Crippen LogP contribution in [0.25, 0.3) is 6.08 Å². The van der Waals surface area contributed by atoms with Crippen molar-refractivity contribution in [2.75, 3.05) is 6.61 Å². The first-order valence-corrected chi connectivity index (χ1v) is 5.51. The number of rotatable bonds is 6. The first kappa shape index (κ1) is 12.0. The summed E-state index contributed by atoms with van der Waals surface area (Å²) in [6, 6.07) is 8.31. The van der Waals surface area contributed by atoms with E-state index in [-0.39, 0.29) is 0 Å². The molecular weight excluding hydrogens is 184 g/mol. The molecule has 0 aliphatic rings. The zero-order valence-electron chi connectivity index (χ0n) is 9.70. The van der Waals surface area contributed by atoms with Gasteiger partial charge in [0.1, 0.15) is 0 Å². The summed E-state index contributed by atoms with van der Waals surface area (Å²) >= 11 is 0. The monoisotopic (exact) mass is 204 g/mol. The molecule has 15 heavy (non-hydrogen) atoms. The van der Waals surface area contributed by atoms with Crippen LogP contribution in [-0.4, -0.2) is 6.61 Å². The van der Waals surface area contributed by atoms with Gasteiger partial charge in [-0.25, -0.2) is 0 Å². The van der Waals surface area contributed by atoms with Crippen LogP contribution in [0.3, 0.4) is 0 Å². The van der Waals surface area contributed by atoms with Gasteiger partial charge in [0.25, 0.3) is 0 Å². The largest absolute Gasteiger partial charge is 0.377 e. The molecule has 1 rings (SSSR count). The maximum Gasteiger partial charge on any atom is 0.0716 e. The summed E-state index contributed by atoms with van der Waals surface area (Å²) in [5.41, 5.74) is 2.38. The lowest BCUT2D eigenvalue weighted by molar-refractivity contribution is 0.110. The molecule has 0 radical (unpaired) electrons. The fourth-order valence-corrected chi connectivity index (χ4v) is 1.26. The van der Waals surface area contributed by atoms with Gasteiger partial charge in [-0.2, -0.15) is 0 Å². The summed E-state index contributed by atoms with van der Waals surface area (Å²) < 4.78 is 5.58. The Morgan fingerprint density at radius 1 is 1.27 bits per heavy atom. The van der Waals surface area contributed by atoms with Gasteiger partial charge in [0.2, 0.25) is 0 Å². The standard InChI is InChI=1S/C14H20O/c1-4-13-5-7-14(8-6-13)11-15-10-9-12(2)3/h4-8,12H,1,9-11H2,2-3H3. The summed E-state index contributed by atoms with van der Waals surface area (Å²) in [7, 11) is 0. The van der Waals surface area contributed by atoms with Gasteiger partial charge in [-0.1, -0.05) is 50.8 Å². The Morgan fingerprint density at radius 2 is 1.93 bits per heavy atom. The van der Waals surface area contributed by atoms with E-state index in [1.165, 1.54) is 5.56 Å². The maximum absolute atomic E-state index is 5.58. The molecule has 1 aromatic rings. The van der Waals surface area contributed by atoms with E-state index >= 15 is 0 Å². The molecule has 0 amide bonds. The Balaban J connectivity index is 2.28. The molecule has 1 nitrogen and oxygen atoms in total. The Kier molecular flexibility index (Phi) is 5.13. The molecule has 82 valence electrons. The van der Waals surface area contributed by atoms with Crippen molar-refractivity contribution in [1.29, 1.82) is 0 Å². The van der Waals surface area contributed by atoms with Gasteiger partial charge in [-0.3, -0.25) is 0 Å². The highest BCUT2D eigenvalue weighted by Crippen LogP contribution is 2.07. The molecule has 0 saturated carbocycles. The van der Waals surface area contributed by atoms with Crippen molar-refractivity contribution in [3.05, 3.63) is 42.0 Å². The van der Waals surface area contributed by atoms with E-state index in [4.69, 9.17) is 4.74 Å². The predicted octanol–water partition coefficient (Wildman–Crippen LogP) is 3.89. The summed E-state index contributed by atoms with van der Waals surface area (Å²) in [6.07, 6.45) is 2.98. The minimum atomic E-state index is 0.712. The van der Waals surface area contributed by atoms with Gasteiger partial charge in [0, 0.05) is 6.61 Å². The molecule has 0 spiro atoms. The van der Waals surface area contributed by atoms with E-state index in [9.17, 15) is 0 Å². The average molecular weight is 204 g/mol. The number of ether oxygens (including phenoxy) is 1. The van der Waals surface area contributed by atoms with E-state index in [0.29, 0.717) is 12.5 Å². The number of hydrogen-bond donors (Lipinski definition) is 0. The van der Waals surface area contributed by atoms with Gasteiger partial charge in [0.15, 0.2) is 0 Å². The van der Waals surface area contributed by atoms with Gasteiger partial charge >= 0.3 is 0 Å².